The van der Waals surface area contributed by atoms with E-state index in [1.807, 2.05) is 30.3 Å². The Bertz CT molecular complexity index is 698. The van der Waals surface area contributed by atoms with Gasteiger partial charge in [-0.25, -0.2) is 0 Å². The monoisotopic (exact) mass is 338 g/mol. The van der Waals surface area contributed by atoms with Gasteiger partial charge >= 0.3 is 0 Å². The van der Waals surface area contributed by atoms with Gasteiger partial charge in [0.05, 0.1) is 6.54 Å². The van der Waals surface area contributed by atoms with Crippen molar-refractivity contribution in [2.45, 2.75) is 19.9 Å². The standard InChI is InChI=1S/C20H26N4O/c1-16-8-6-7-11-18(16)14-23-20(21-2)24-15-19(25)22-13-12-17-9-4-3-5-10-17/h3-11H,12-15H2,1-2H3,(H,22,25)(H2,21,23,24). The molecule has 0 aliphatic heterocycles. The number of aryl methyl sites for hydroxylation is 1. The number of carbonyl (C=O) groups is 1. The van der Waals surface area contributed by atoms with E-state index in [4.69, 9.17) is 0 Å². The molecule has 132 valence electrons. The minimum atomic E-state index is -0.0465. The number of aliphatic imine (C=N–C) groups is 1. The lowest BCUT2D eigenvalue weighted by atomic mass is 10.1. The maximum Gasteiger partial charge on any atom is 0.239 e. The van der Waals surface area contributed by atoms with Crippen LogP contribution in [-0.2, 0) is 17.8 Å². The smallest absolute Gasteiger partial charge is 0.239 e. The number of hydrogen-bond acceptors (Lipinski definition) is 2. The number of guanidine groups is 1. The molecule has 2 rings (SSSR count). The molecular formula is C20H26N4O. The van der Waals surface area contributed by atoms with Crippen molar-refractivity contribution in [3.05, 3.63) is 71.3 Å². The first kappa shape index (κ1) is 18.5. The van der Waals surface area contributed by atoms with Crippen LogP contribution in [0.3, 0.4) is 0 Å². The van der Waals surface area contributed by atoms with Crippen LogP contribution < -0.4 is 16.0 Å². The first-order valence-corrected chi connectivity index (χ1v) is 8.48. The second-order valence-electron chi connectivity index (χ2n) is 5.79. The van der Waals surface area contributed by atoms with Gasteiger partial charge in [-0.3, -0.25) is 9.79 Å². The Hall–Kier alpha value is -2.82. The lowest BCUT2D eigenvalue weighted by Gasteiger charge is -2.13. The van der Waals surface area contributed by atoms with Gasteiger partial charge in [-0.05, 0) is 30.0 Å². The highest BCUT2D eigenvalue weighted by Gasteiger charge is 2.04. The van der Waals surface area contributed by atoms with E-state index in [0.29, 0.717) is 19.0 Å². The summed E-state index contributed by atoms with van der Waals surface area (Å²) in [6.45, 7) is 3.57. The molecule has 5 nitrogen and oxygen atoms in total. The van der Waals surface area contributed by atoms with Gasteiger partial charge in [0.25, 0.3) is 0 Å². The quantitative estimate of drug-likeness (QED) is 0.534. The van der Waals surface area contributed by atoms with E-state index >= 15 is 0 Å². The fourth-order valence-electron chi connectivity index (χ4n) is 2.43. The molecule has 0 bridgehead atoms. The molecular weight excluding hydrogens is 312 g/mol. The lowest BCUT2D eigenvalue weighted by Crippen LogP contribution is -2.43. The number of benzene rings is 2. The van der Waals surface area contributed by atoms with Crippen LogP contribution in [0.5, 0.6) is 0 Å². The Balaban J connectivity index is 1.67. The highest BCUT2D eigenvalue weighted by molar-refractivity contribution is 5.86. The molecule has 0 saturated heterocycles. The minimum absolute atomic E-state index is 0.0465. The fraction of sp³-hybridized carbons (Fsp3) is 0.300. The molecule has 0 radical (unpaired) electrons. The molecule has 0 aliphatic carbocycles. The minimum Gasteiger partial charge on any atom is -0.354 e. The van der Waals surface area contributed by atoms with Crippen LogP contribution in [0.2, 0.25) is 0 Å². The topological polar surface area (TPSA) is 65.5 Å². The van der Waals surface area contributed by atoms with Crippen LogP contribution in [0.25, 0.3) is 0 Å². The molecule has 2 aromatic rings. The van der Waals surface area contributed by atoms with Crippen LogP contribution >= 0.6 is 0 Å². The molecule has 25 heavy (non-hydrogen) atoms. The van der Waals surface area contributed by atoms with Gasteiger partial charge in [-0.1, -0.05) is 54.6 Å². The van der Waals surface area contributed by atoms with Gasteiger partial charge < -0.3 is 16.0 Å². The first-order chi connectivity index (χ1) is 12.2. The van der Waals surface area contributed by atoms with E-state index in [1.165, 1.54) is 16.7 Å². The third-order valence-corrected chi connectivity index (χ3v) is 3.93. The molecule has 0 spiro atoms. The Morgan fingerprint density at radius 3 is 2.40 bits per heavy atom. The Labute approximate surface area is 149 Å². The Morgan fingerprint density at radius 1 is 0.960 bits per heavy atom. The second-order valence-corrected chi connectivity index (χ2v) is 5.79. The van der Waals surface area contributed by atoms with Gasteiger partial charge in [0.2, 0.25) is 5.91 Å². The molecule has 0 aromatic heterocycles. The van der Waals surface area contributed by atoms with Crippen LogP contribution in [0, 0.1) is 6.92 Å². The summed E-state index contributed by atoms with van der Waals surface area (Å²) in [7, 11) is 1.69. The molecule has 0 unspecified atom stereocenters. The molecule has 3 N–H and O–H groups in total. The van der Waals surface area contributed by atoms with Crippen molar-refractivity contribution >= 4 is 11.9 Å². The van der Waals surface area contributed by atoms with Crippen molar-refractivity contribution in [1.29, 1.82) is 0 Å². The largest absolute Gasteiger partial charge is 0.354 e. The van der Waals surface area contributed by atoms with E-state index in [0.717, 1.165) is 6.42 Å². The van der Waals surface area contributed by atoms with Crippen molar-refractivity contribution in [1.82, 2.24) is 16.0 Å². The highest BCUT2D eigenvalue weighted by atomic mass is 16.1. The Morgan fingerprint density at radius 2 is 1.68 bits per heavy atom. The molecule has 0 heterocycles. The zero-order valence-corrected chi connectivity index (χ0v) is 14.9. The van der Waals surface area contributed by atoms with Gasteiger partial charge in [-0.2, -0.15) is 0 Å². The first-order valence-electron chi connectivity index (χ1n) is 8.48. The molecule has 5 heteroatoms. The average molecular weight is 338 g/mol. The van der Waals surface area contributed by atoms with E-state index in [2.05, 4.69) is 52.1 Å². The zero-order valence-electron chi connectivity index (χ0n) is 14.9. The average Bonchev–Trinajstić information content (AvgIpc) is 2.64. The summed E-state index contributed by atoms with van der Waals surface area (Å²) in [6, 6.07) is 18.3. The van der Waals surface area contributed by atoms with Crippen LogP contribution in [0.1, 0.15) is 16.7 Å². The van der Waals surface area contributed by atoms with Gasteiger partial charge in [0.1, 0.15) is 0 Å². The number of nitrogens with one attached hydrogen (secondary N) is 3. The SMILES string of the molecule is CN=C(NCC(=O)NCCc1ccccc1)NCc1ccccc1C. The van der Waals surface area contributed by atoms with E-state index in [1.54, 1.807) is 7.05 Å². The third kappa shape index (κ3) is 6.67. The third-order valence-electron chi connectivity index (χ3n) is 3.93. The lowest BCUT2D eigenvalue weighted by molar-refractivity contribution is -0.119. The number of rotatable bonds is 7. The van der Waals surface area contributed by atoms with E-state index in [-0.39, 0.29) is 12.5 Å². The molecule has 0 saturated carbocycles. The molecule has 1 amide bonds. The maximum absolute atomic E-state index is 11.9. The van der Waals surface area contributed by atoms with Gasteiger partial charge in [-0.15, -0.1) is 0 Å². The predicted octanol–water partition coefficient (Wildman–Crippen LogP) is 2.02. The van der Waals surface area contributed by atoms with Crippen molar-refractivity contribution in [3.8, 4) is 0 Å². The van der Waals surface area contributed by atoms with Crippen LogP contribution in [-0.4, -0.2) is 32.0 Å². The molecule has 0 aliphatic rings. The number of hydrogen-bond donors (Lipinski definition) is 3. The Kier molecular flexibility index (Phi) is 7.50. The fourth-order valence-corrected chi connectivity index (χ4v) is 2.43. The highest BCUT2D eigenvalue weighted by Crippen LogP contribution is 2.05. The normalized spacial score (nSPS) is 11.0. The molecule has 0 atom stereocenters. The van der Waals surface area contributed by atoms with Crippen molar-refractivity contribution < 1.29 is 4.79 Å². The number of nitrogens with zero attached hydrogens (tertiary/aromatic N) is 1. The molecule has 0 fully saturated rings. The van der Waals surface area contributed by atoms with Crippen LogP contribution in [0.4, 0.5) is 0 Å². The zero-order chi connectivity index (χ0) is 17.9. The van der Waals surface area contributed by atoms with Crippen molar-refractivity contribution in [2.24, 2.45) is 4.99 Å². The van der Waals surface area contributed by atoms with Crippen LogP contribution in [0.15, 0.2) is 59.6 Å². The summed E-state index contributed by atoms with van der Waals surface area (Å²) >= 11 is 0. The van der Waals surface area contributed by atoms with Gasteiger partial charge in [0.15, 0.2) is 5.96 Å². The summed E-state index contributed by atoms with van der Waals surface area (Å²) < 4.78 is 0. The van der Waals surface area contributed by atoms with Gasteiger partial charge in [0, 0.05) is 20.1 Å². The maximum atomic E-state index is 11.9. The van der Waals surface area contributed by atoms with E-state index < -0.39 is 0 Å². The predicted molar refractivity (Wildman–Crippen MR) is 103 cm³/mol. The second kappa shape index (κ2) is 10.1. The summed E-state index contributed by atoms with van der Waals surface area (Å²) in [5.74, 6) is 0.566. The molecule has 2 aromatic carbocycles. The summed E-state index contributed by atoms with van der Waals surface area (Å²) in [6.07, 6.45) is 0.826. The summed E-state index contributed by atoms with van der Waals surface area (Å²) in [5, 5.41) is 9.17. The number of carbonyl (C=O) groups excluding carboxylic acids is 1. The van der Waals surface area contributed by atoms with Crippen molar-refractivity contribution in [3.63, 3.8) is 0 Å². The van der Waals surface area contributed by atoms with Crippen molar-refractivity contribution in [2.75, 3.05) is 20.1 Å². The number of amides is 1. The van der Waals surface area contributed by atoms with E-state index in [9.17, 15) is 4.79 Å². The summed E-state index contributed by atoms with van der Waals surface area (Å²) in [5.41, 5.74) is 3.65. The summed E-state index contributed by atoms with van der Waals surface area (Å²) in [4.78, 5) is 16.1.